The molecule has 1 aliphatic heterocycles. The first kappa shape index (κ1) is 11.4. The van der Waals surface area contributed by atoms with Crippen molar-refractivity contribution in [2.45, 2.75) is 32.2 Å². The summed E-state index contributed by atoms with van der Waals surface area (Å²) in [4.78, 5) is 24.5. The molecular formula is C11H18N2O3. The Morgan fingerprint density at radius 2 is 2.06 bits per heavy atom. The number of rotatable bonds is 2. The highest BCUT2D eigenvalue weighted by Crippen LogP contribution is 2.39. The van der Waals surface area contributed by atoms with Crippen LogP contribution in [-0.4, -0.2) is 41.0 Å². The summed E-state index contributed by atoms with van der Waals surface area (Å²) in [6.07, 6.45) is 2.69. The summed E-state index contributed by atoms with van der Waals surface area (Å²) in [5.74, 6) is -1.16. The van der Waals surface area contributed by atoms with E-state index < -0.39 is 11.4 Å². The third kappa shape index (κ3) is 1.59. The summed E-state index contributed by atoms with van der Waals surface area (Å²) in [5.41, 5.74) is 5.49. The molecule has 5 heteroatoms. The van der Waals surface area contributed by atoms with Gasteiger partial charge in [0, 0.05) is 19.1 Å². The lowest BCUT2D eigenvalue weighted by atomic mass is 9.82. The fourth-order valence-electron chi connectivity index (χ4n) is 2.62. The van der Waals surface area contributed by atoms with Crippen LogP contribution in [0.2, 0.25) is 0 Å². The van der Waals surface area contributed by atoms with Crippen LogP contribution in [0.25, 0.3) is 0 Å². The summed E-state index contributed by atoms with van der Waals surface area (Å²) in [6.45, 7) is 2.59. The van der Waals surface area contributed by atoms with E-state index in [4.69, 9.17) is 10.8 Å². The van der Waals surface area contributed by atoms with Gasteiger partial charge in [0.1, 0.15) is 0 Å². The molecule has 0 aromatic heterocycles. The molecule has 2 aliphatic rings. The maximum absolute atomic E-state index is 12.2. The van der Waals surface area contributed by atoms with Crippen LogP contribution in [0.4, 0.5) is 0 Å². The topological polar surface area (TPSA) is 83.6 Å². The Balaban J connectivity index is 1.97. The molecule has 90 valence electrons. The van der Waals surface area contributed by atoms with Crippen LogP contribution < -0.4 is 5.73 Å². The highest BCUT2D eigenvalue weighted by molar-refractivity contribution is 5.86. The molecule has 1 amide bonds. The quantitative estimate of drug-likeness (QED) is 0.696. The number of hydrogen-bond donors (Lipinski definition) is 2. The number of hydrogen-bond acceptors (Lipinski definition) is 3. The van der Waals surface area contributed by atoms with Crippen molar-refractivity contribution >= 4 is 11.9 Å². The van der Waals surface area contributed by atoms with Crippen LogP contribution in [0.3, 0.4) is 0 Å². The molecule has 1 saturated carbocycles. The zero-order chi connectivity index (χ0) is 11.9. The molecule has 2 atom stereocenters. The Hall–Kier alpha value is -1.10. The Morgan fingerprint density at radius 3 is 2.50 bits per heavy atom. The third-order valence-corrected chi connectivity index (χ3v) is 4.04. The van der Waals surface area contributed by atoms with Gasteiger partial charge in [0.25, 0.3) is 0 Å². The molecular weight excluding hydrogens is 208 g/mol. The van der Waals surface area contributed by atoms with Gasteiger partial charge in [-0.2, -0.15) is 0 Å². The number of likely N-dealkylation sites (tertiary alicyclic amines) is 1. The monoisotopic (exact) mass is 226 g/mol. The van der Waals surface area contributed by atoms with Crippen molar-refractivity contribution < 1.29 is 14.7 Å². The van der Waals surface area contributed by atoms with Crippen molar-refractivity contribution in [3.8, 4) is 0 Å². The minimum Gasteiger partial charge on any atom is -0.481 e. The van der Waals surface area contributed by atoms with Gasteiger partial charge < -0.3 is 15.7 Å². The van der Waals surface area contributed by atoms with Crippen LogP contribution in [0, 0.1) is 11.3 Å². The molecule has 0 radical (unpaired) electrons. The second-order valence-corrected chi connectivity index (χ2v) is 5.16. The van der Waals surface area contributed by atoms with Crippen molar-refractivity contribution in [1.82, 2.24) is 4.90 Å². The first-order valence-electron chi connectivity index (χ1n) is 5.73. The predicted octanol–water partition coefficient (Wildman–Crippen LogP) is 0.0469. The molecule has 2 rings (SSSR count). The van der Waals surface area contributed by atoms with E-state index in [0.29, 0.717) is 13.1 Å². The van der Waals surface area contributed by atoms with E-state index in [0.717, 1.165) is 19.3 Å². The van der Waals surface area contributed by atoms with E-state index in [1.807, 2.05) is 6.92 Å². The van der Waals surface area contributed by atoms with E-state index in [2.05, 4.69) is 0 Å². The summed E-state index contributed by atoms with van der Waals surface area (Å²) < 4.78 is 0. The smallest absolute Gasteiger partial charge is 0.310 e. The average molecular weight is 226 g/mol. The molecule has 0 aromatic carbocycles. The standard InChI is InChI=1S/C11H18N2O3/c1-11(4-2-3-8(11)12)10(16)13-5-7(6-13)9(14)15/h7-8H,2-6,12H2,1H3,(H,14,15). The number of carboxylic acids is 1. The number of nitrogens with zero attached hydrogens (tertiary/aromatic N) is 1. The zero-order valence-electron chi connectivity index (χ0n) is 9.48. The van der Waals surface area contributed by atoms with Crippen molar-refractivity contribution in [2.24, 2.45) is 17.1 Å². The molecule has 0 bridgehead atoms. The molecule has 2 fully saturated rings. The Bertz CT molecular complexity index is 325. The number of carbonyl (C=O) groups is 2. The maximum Gasteiger partial charge on any atom is 0.310 e. The number of amides is 1. The highest BCUT2D eigenvalue weighted by atomic mass is 16.4. The van der Waals surface area contributed by atoms with Gasteiger partial charge in [-0.15, -0.1) is 0 Å². The number of nitrogens with two attached hydrogens (primary N) is 1. The van der Waals surface area contributed by atoms with Crippen molar-refractivity contribution in [1.29, 1.82) is 0 Å². The van der Waals surface area contributed by atoms with Crippen molar-refractivity contribution in [2.75, 3.05) is 13.1 Å². The summed E-state index contributed by atoms with van der Waals surface area (Å²) in [6, 6.07) is -0.0797. The highest BCUT2D eigenvalue weighted by Gasteiger charge is 2.48. The molecule has 0 aromatic rings. The summed E-state index contributed by atoms with van der Waals surface area (Å²) >= 11 is 0. The van der Waals surface area contributed by atoms with Crippen molar-refractivity contribution in [3.63, 3.8) is 0 Å². The second-order valence-electron chi connectivity index (χ2n) is 5.16. The molecule has 5 nitrogen and oxygen atoms in total. The van der Waals surface area contributed by atoms with Gasteiger partial charge >= 0.3 is 5.97 Å². The van der Waals surface area contributed by atoms with Crippen LogP contribution in [0.15, 0.2) is 0 Å². The van der Waals surface area contributed by atoms with Crippen molar-refractivity contribution in [3.05, 3.63) is 0 Å². The van der Waals surface area contributed by atoms with E-state index >= 15 is 0 Å². The van der Waals surface area contributed by atoms with Gasteiger partial charge in [-0.1, -0.05) is 6.42 Å². The number of carboxylic acid groups (broad SMARTS) is 1. The lowest BCUT2D eigenvalue weighted by Gasteiger charge is -2.42. The number of carbonyl (C=O) groups excluding carboxylic acids is 1. The second kappa shape index (κ2) is 3.73. The first-order valence-corrected chi connectivity index (χ1v) is 5.73. The molecule has 3 N–H and O–H groups in total. The fraction of sp³-hybridized carbons (Fsp3) is 0.818. The van der Waals surface area contributed by atoms with Crippen LogP contribution in [-0.2, 0) is 9.59 Å². The zero-order valence-corrected chi connectivity index (χ0v) is 9.48. The minimum atomic E-state index is -0.815. The van der Waals surface area contributed by atoms with Gasteiger partial charge in [0.05, 0.1) is 11.3 Å². The lowest BCUT2D eigenvalue weighted by Crippen LogP contribution is -2.59. The Kier molecular flexibility index (Phi) is 2.66. The molecule has 0 spiro atoms. The van der Waals surface area contributed by atoms with Crippen LogP contribution in [0.1, 0.15) is 26.2 Å². The number of aliphatic carboxylic acids is 1. The largest absolute Gasteiger partial charge is 0.481 e. The third-order valence-electron chi connectivity index (χ3n) is 4.04. The predicted molar refractivity (Wildman–Crippen MR) is 57.6 cm³/mol. The fourth-order valence-corrected chi connectivity index (χ4v) is 2.62. The Morgan fingerprint density at radius 1 is 1.44 bits per heavy atom. The Labute approximate surface area is 94.6 Å². The molecule has 1 heterocycles. The van der Waals surface area contributed by atoms with E-state index in [-0.39, 0.29) is 17.9 Å². The molecule has 1 aliphatic carbocycles. The van der Waals surface area contributed by atoms with Gasteiger partial charge in [-0.05, 0) is 19.8 Å². The molecule has 16 heavy (non-hydrogen) atoms. The van der Waals surface area contributed by atoms with Crippen LogP contribution >= 0.6 is 0 Å². The summed E-state index contributed by atoms with van der Waals surface area (Å²) in [7, 11) is 0. The van der Waals surface area contributed by atoms with Gasteiger partial charge in [-0.3, -0.25) is 9.59 Å². The first-order chi connectivity index (χ1) is 7.45. The average Bonchev–Trinajstić information content (AvgIpc) is 2.45. The van der Waals surface area contributed by atoms with E-state index in [1.165, 1.54) is 0 Å². The van der Waals surface area contributed by atoms with Crippen LogP contribution in [0.5, 0.6) is 0 Å². The normalized spacial score (nSPS) is 34.9. The van der Waals surface area contributed by atoms with Gasteiger partial charge in [0.15, 0.2) is 0 Å². The maximum atomic E-state index is 12.2. The van der Waals surface area contributed by atoms with E-state index in [1.54, 1.807) is 4.90 Å². The summed E-state index contributed by atoms with van der Waals surface area (Å²) in [5, 5.41) is 8.75. The lowest BCUT2D eigenvalue weighted by molar-refractivity contribution is -0.157. The molecule has 2 unspecified atom stereocenters. The minimum absolute atomic E-state index is 0.0370. The van der Waals surface area contributed by atoms with Gasteiger partial charge in [-0.25, -0.2) is 0 Å². The van der Waals surface area contributed by atoms with Gasteiger partial charge in [0.2, 0.25) is 5.91 Å². The SMILES string of the molecule is CC1(C(=O)N2CC(C(=O)O)C2)CCCC1N. The molecule has 1 saturated heterocycles. The van der Waals surface area contributed by atoms with E-state index in [9.17, 15) is 9.59 Å².